The zero-order valence-electron chi connectivity index (χ0n) is 9.92. The molecule has 2 amide bonds. The van der Waals surface area contributed by atoms with Gasteiger partial charge < -0.3 is 15.7 Å². The smallest absolute Gasteiger partial charge is 0.337 e. The van der Waals surface area contributed by atoms with Gasteiger partial charge in [0.15, 0.2) is 5.82 Å². The molecule has 0 bridgehead atoms. The Balaban J connectivity index is 2.06. The topological polar surface area (TPSA) is 133 Å². The molecule has 0 atom stereocenters. The third kappa shape index (κ3) is 3.29. The number of hydrogen-bond donors (Lipinski definition) is 4. The van der Waals surface area contributed by atoms with E-state index in [2.05, 4.69) is 47.2 Å². The first-order chi connectivity index (χ1) is 9.58. The van der Waals surface area contributed by atoms with Crippen LogP contribution in [0, 0.1) is 0 Å². The van der Waals surface area contributed by atoms with E-state index >= 15 is 0 Å². The Hall–Kier alpha value is -2.49. The van der Waals surface area contributed by atoms with E-state index in [0.29, 0.717) is 10.3 Å². The van der Waals surface area contributed by atoms with Gasteiger partial charge in [-0.2, -0.15) is 5.21 Å². The second-order valence-corrected chi connectivity index (χ2v) is 4.46. The van der Waals surface area contributed by atoms with Gasteiger partial charge in [-0.25, -0.2) is 9.59 Å². The number of carbonyl (C=O) groups is 2. The Labute approximate surface area is 120 Å². The number of tetrazole rings is 1. The number of para-hydroxylation sites is 1. The molecule has 104 valence electrons. The quantitative estimate of drug-likeness (QED) is 0.655. The van der Waals surface area contributed by atoms with Gasteiger partial charge in [0, 0.05) is 4.47 Å². The van der Waals surface area contributed by atoms with Crippen LogP contribution in [0.5, 0.6) is 0 Å². The largest absolute Gasteiger partial charge is 0.478 e. The minimum atomic E-state index is -1.14. The monoisotopic (exact) mass is 340 g/mol. The summed E-state index contributed by atoms with van der Waals surface area (Å²) in [6.45, 7) is 0.0647. The molecule has 2 aromatic rings. The van der Waals surface area contributed by atoms with Crippen molar-refractivity contribution in [3.63, 3.8) is 0 Å². The van der Waals surface area contributed by atoms with E-state index in [0.717, 1.165) is 0 Å². The van der Waals surface area contributed by atoms with Gasteiger partial charge in [-0.05, 0) is 28.1 Å². The molecule has 0 aliphatic heterocycles. The molecule has 1 aromatic carbocycles. The summed E-state index contributed by atoms with van der Waals surface area (Å²) < 4.78 is 0.465. The van der Waals surface area contributed by atoms with Crippen LogP contribution in [-0.4, -0.2) is 37.7 Å². The number of carboxylic acid groups (broad SMARTS) is 1. The molecule has 0 aliphatic rings. The normalized spacial score (nSPS) is 10.1. The highest BCUT2D eigenvalue weighted by Gasteiger charge is 2.15. The van der Waals surface area contributed by atoms with E-state index in [4.69, 9.17) is 5.11 Å². The Morgan fingerprint density at radius 2 is 2.20 bits per heavy atom. The standard InChI is InChI=1S/C10H9BrN6O3/c11-6-3-1-2-5(9(18)19)8(6)13-10(20)12-4-7-14-16-17-15-7/h1-3H,4H2,(H,18,19)(H2,12,13,20)(H,14,15,16,17). The molecule has 9 nitrogen and oxygen atoms in total. The molecule has 10 heteroatoms. The van der Waals surface area contributed by atoms with Crippen LogP contribution in [0.15, 0.2) is 22.7 Å². The maximum absolute atomic E-state index is 11.7. The molecule has 0 spiro atoms. The zero-order chi connectivity index (χ0) is 14.5. The summed E-state index contributed by atoms with van der Waals surface area (Å²) in [6, 6.07) is 4.00. The average molecular weight is 341 g/mol. The van der Waals surface area contributed by atoms with E-state index in [1.54, 1.807) is 12.1 Å². The van der Waals surface area contributed by atoms with Crippen molar-refractivity contribution in [1.29, 1.82) is 0 Å². The maximum atomic E-state index is 11.7. The Morgan fingerprint density at radius 1 is 1.40 bits per heavy atom. The number of rotatable bonds is 4. The van der Waals surface area contributed by atoms with Crippen molar-refractivity contribution in [2.45, 2.75) is 6.54 Å². The van der Waals surface area contributed by atoms with Gasteiger partial charge in [-0.3, -0.25) is 0 Å². The molecule has 1 aromatic heterocycles. The maximum Gasteiger partial charge on any atom is 0.337 e. The molecule has 20 heavy (non-hydrogen) atoms. The van der Waals surface area contributed by atoms with Crippen LogP contribution >= 0.6 is 15.9 Å². The first-order valence-electron chi connectivity index (χ1n) is 5.37. The number of benzene rings is 1. The number of nitrogens with zero attached hydrogens (tertiary/aromatic N) is 3. The highest BCUT2D eigenvalue weighted by Crippen LogP contribution is 2.26. The highest BCUT2D eigenvalue weighted by atomic mass is 79.9. The fraction of sp³-hybridized carbons (Fsp3) is 0.100. The van der Waals surface area contributed by atoms with Crippen molar-refractivity contribution < 1.29 is 14.7 Å². The summed E-state index contributed by atoms with van der Waals surface area (Å²) >= 11 is 3.19. The number of carboxylic acids is 1. The van der Waals surface area contributed by atoms with Crippen LogP contribution in [0.4, 0.5) is 10.5 Å². The van der Waals surface area contributed by atoms with Crippen molar-refractivity contribution in [2.24, 2.45) is 0 Å². The molecular formula is C10H9BrN6O3. The summed E-state index contributed by atoms with van der Waals surface area (Å²) in [5.74, 6) is -0.828. The molecule has 0 unspecified atom stereocenters. The van der Waals surface area contributed by atoms with E-state index in [-0.39, 0.29) is 17.8 Å². The fourth-order valence-electron chi connectivity index (χ4n) is 1.40. The molecule has 4 N–H and O–H groups in total. The van der Waals surface area contributed by atoms with Crippen LogP contribution in [0.1, 0.15) is 16.2 Å². The van der Waals surface area contributed by atoms with Crippen LogP contribution in [0.25, 0.3) is 0 Å². The van der Waals surface area contributed by atoms with E-state index in [9.17, 15) is 9.59 Å². The molecular weight excluding hydrogens is 332 g/mol. The number of urea groups is 1. The number of carbonyl (C=O) groups excluding carboxylic acids is 1. The summed E-state index contributed by atoms with van der Waals surface area (Å²) in [5.41, 5.74) is 0.152. The van der Waals surface area contributed by atoms with Gasteiger partial charge in [0.1, 0.15) is 0 Å². The number of aromatic amines is 1. The molecule has 2 rings (SSSR count). The first-order valence-corrected chi connectivity index (χ1v) is 6.16. The van der Waals surface area contributed by atoms with E-state index in [1.165, 1.54) is 6.07 Å². The number of halogens is 1. The number of nitrogens with one attached hydrogen (secondary N) is 3. The summed E-state index contributed by atoms with van der Waals surface area (Å²) in [4.78, 5) is 22.8. The van der Waals surface area contributed by atoms with Gasteiger partial charge in [-0.1, -0.05) is 11.3 Å². The fourth-order valence-corrected chi connectivity index (χ4v) is 1.87. The van der Waals surface area contributed by atoms with Gasteiger partial charge in [0.25, 0.3) is 0 Å². The Kier molecular flexibility index (Phi) is 4.25. The number of H-pyrrole nitrogens is 1. The number of amides is 2. The minimum Gasteiger partial charge on any atom is -0.478 e. The molecule has 0 radical (unpaired) electrons. The Bertz CT molecular complexity index is 630. The van der Waals surface area contributed by atoms with E-state index in [1.807, 2.05) is 0 Å². The van der Waals surface area contributed by atoms with Crippen LogP contribution in [0.2, 0.25) is 0 Å². The summed E-state index contributed by atoms with van der Waals surface area (Å²) in [5, 5.41) is 26.9. The van der Waals surface area contributed by atoms with Crippen molar-refractivity contribution in [3.8, 4) is 0 Å². The lowest BCUT2D eigenvalue weighted by molar-refractivity contribution is 0.0698. The molecule has 0 saturated heterocycles. The second kappa shape index (κ2) is 6.10. The SMILES string of the molecule is O=C(NCc1nn[nH]n1)Nc1c(Br)cccc1C(=O)O. The van der Waals surface area contributed by atoms with Gasteiger partial charge in [0.05, 0.1) is 17.8 Å². The summed E-state index contributed by atoms with van der Waals surface area (Å²) in [7, 11) is 0. The molecule has 0 saturated carbocycles. The van der Waals surface area contributed by atoms with E-state index < -0.39 is 12.0 Å². The molecule has 1 heterocycles. The first kappa shape index (κ1) is 13.9. The predicted molar refractivity (Wildman–Crippen MR) is 71.1 cm³/mol. The average Bonchev–Trinajstić information content (AvgIpc) is 2.91. The van der Waals surface area contributed by atoms with Crippen molar-refractivity contribution >= 4 is 33.6 Å². The number of aromatic carboxylic acids is 1. The third-order valence-corrected chi connectivity index (χ3v) is 2.94. The zero-order valence-corrected chi connectivity index (χ0v) is 11.5. The lowest BCUT2D eigenvalue weighted by Gasteiger charge is -2.10. The lowest BCUT2D eigenvalue weighted by Crippen LogP contribution is -2.29. The molecule has 0 fully saturated rings. The van der Waals surface area contributed by atoms with Crippen molar-refractivity contribution in [2.75, 3.05) is 5.32 Å². The number of hydrogen-bond acceptors (Lipinski definition) is 5. The van der Waals surface area contributed by atoms with Gasteiger partial charge in [0.2, 0.25) is 0 Å². The van der Waals surface area contributed by atoms with Crippen molar-refractivity contribution in [3.05, 3.63) is 34.1 Å². The minimum absolute atomic E-state index is 0.0194. The third-order valence-electron chi connectivity index (χ3n) is 2.28. The van der Waals surface area contributed by atoms with Crippen LogP contribution < -0.4 is 10.6 Å². The van der Waals surface area contributed by atoms with Crippen LogP contribution in [-0.2, 0) is 6.54 Å². The summed E-state index contributed by atoms with van der Waals surface area (Å²) in [6.07, 6.45) is 0. The van der Waals surface area contributed by atoms with Gasteiger partial charge in [-0.15, -0.1) is 10.2 Å². The Morgan fingerprint density at radius 3 is 2.85 bits per heavy atom. The lowest BCUT2D eigenvalue weighted by atomic mass is 10.2. The number of anilines is 1. The molecule has 0 aliphatic carbocycles. The van der Waals surface area contributed by atoms with Crippen LogP contribution in [0.3, 0.4) is 0 Å². The number of aromatic nitrogens is 4. The van der Waals surface area contributed by atoms with Gasteiger partial charge >= 0.3 is 12.0 Å². The van der Waals surface area contributed by atoms with Crippen molar-refractivity contribution in [1.82, 2.24) is 25.9 Å². The second-order valence-electron chi connectivity index (χ2n) is 3.60. The predicted octanol–water partition coefficient (Wildman–Crippen LogP) is 0.982. The highest BCUT2D eigenvalue weighted by molar-refractivity contribution is 9.10.